The summed E-state index contributed by atoms with van der Waals surface area (Å²) < 4.78 is 61.2. The average Bonchev–Trinajstić information content (AvgIpc) is 3.41. The predicted molar refractivity (Wildman–Crippen MR) is 155 cm³/mol. The SMILES string of the molecule is CC.CC.COCCN1CCN(S(=O)(=O)c2ccc(S(=O)(=O)Nc3ccc(C)c4c(C#N)c[nH]c34)cc2)CC1. The van der Waals surface area contributed by atoms with Crippen LogP contribution < -0.4 is 4.72 Å². The van der Waals surface area contributed by atoms with Crippen molar-refractivity contribution in [2.24, 2.45) is 0 Å². The fraction of sp³-hybridized carbons (Fsp3) is 0.444. The molecule has 0 unspecified atom stereocenters. The fourth-order valence-corrected chi connectivity index (χ4v) is 6.65. The lowest BCUT2D eigenvalue weighted by Crippen LogP contribution is -2.49. The number of H-pyrrole nitrogens is 1. The lowest BCUT2D eigenvalue weighted by atomic mass is 10.1. The summed E-state index contributed by atoms with van der Waals surface area (Å²) in [5.74, 6) is 0. The zero-order valence-electron chi connectivity index (χ0n) is 23.5. The summed E-state index contributed by atoms with van der Waals surface area (Å²) in [5, 5.41) is 9.96. The van der Waals surface area contributed by atoms with Crippen LogP contribution in [0.2, 0.25) is 0 Å². The minimum atomic E-state index is -4.00. The third-order valence-electron chi connectivity index (χ3n) is 6.12. The molecule has 0 bridgehead atoms. The quantitative estimate of drug-likeness (QED) is 0.410. The van der Waals surface area contributed by atoms with E-state index in [9.17, 15) is 22.1 Å². The number of aryl methyl sites for hydroxylation is 1. The number of hydrogen-bond donors (Lipinski definition) is 2. The second-order valence-corrected chi connectivity index (χ2v) is 11.9. The average molecular weight is 578 g/mol. The molecule has 0 aliphatic carbocycles. The standard InChI is InChI=1S/C23H27N5O5S2.2C2H6/c1-17-3-8-21(23-22(17)18(15-24)16-25-23)26-34(29,30)19-4-6-20(7-5-19)35(31,32)28-11-9-27(10-12-28)13-14-33-2;2*1-2/h3-8,16,25-26H,9-14H2,1-2H3;2*1-2H3. The van der Waals surface area contributed by atoms with E-state index in [1.807, 2.05) is 34.6 Å². The second-order valence-electron chi connectivity index (χ2n) is 8.31. The molecule has 4 rings (SSSR count). The van der Waals surface area contributed by atoms with Gasteiger partial charge in [-0.05, 0) is 42.8 Å². The number of sulfonamides is 2. The van der Waals surface area contributed by atoms with Gasteiger partial charge in [-0.25, -0.2) is 16.8 Å². The van der Waals surface area contributed by atoms with E-state index in [0.29, 0.717) is 54.9 Å². The summed E-state index contributed by atoms with van der Waals surface area (Å²) in [7, 11) is -6.10. The van der Waals surface area contributed by atoms with E-state index in [0.717, 1.165) is 12.1 Å². The Morgan fingerprint density at radius 1 is 0.949 bits per heavy atom. The maximum absolute atomic E-state index is 13.1. The number of rotatable bonds is 8. The Labute approximate surface area is 232 Å². The first kappa shape index (κ1) is 32.3. The van der Waals surface area contributed by atoms with Crippen molar-refractivity contribution in [2.75, 3.05) is 51.2 Å². The molecule has 39 heavy (non-hydrogen) atoms. The van der Waals surface area contributed by atoms with Gasteiger partial charge in [0.15, 0.2) is 0 Å². The van der Waals surface area contributed by atoms with Crippen LogP contribution in [0.15, 0.2) is 52.4 Å². The maximum Gasteiger partial charge on any atom is 0.261 e. The summed E-state index contributed by atoms with van der Waals surface area (Å²) in [6.07, 6.45) is 1.53. The zero-order valence-corrected chi connectivity index (χ0v) is 25.1. The van der Waals surface area contributed by atoms with E-state index in [2.05, 4.69) is 20.7 Å². The van der Waals surface area contributed by atoms with Crippen LogP contribution >= 0.6 is 0 Å². The molecule has 1 aromatic heterocycles. The first-order chi connectivity index (χ1) is 18.7. The molecule has 1 aliphatic rings. The first-order valence-electron chi connectivity index (χ1n) is 13.0. The molecule has 0 saturated carbocycles. The molecule has 2 N–H and O–H groups in total. The number of piperazine rings is 1. The molecule has 1 saturated heterocycles. The van der Waals surface area contributed by atoms with Gasteiger partial charge in [-0.15, -0.1) is 0 Å². The van der Waals surface area contributed by atoms with Crippen molar-refractivity contribution in [3.63, 3.8) is 0 Å². The number of aromatic amines is 1. The molecule has 2 aromatic carbocycles. The molecule has 1 fully saturated rings. The molecule has 0 radical (unpaired) electrons. The van der Waals surface area contributed by atoms with Gasteiger partial charge in [0, 0.05) is 51.4 Å². The van der Waals surface area contributed by atoms with Crippen molar-refractivity contribution < 1.29 is 21.6 Å². The van der Waals surface area contributed by atoms with Gasteiger partial charge in [0.05, 0.1) is 33.2 Å². The third-order valence-corrected chi connectivity index (χ3v) is 9.42. The van der Waals surface area contributed by atoms with Crippen LogP contribution in [0, 0.1) is 18.3 Å². The molecule has 0 atom stereocenters. The Bertz CT molecular complexity index is 1470. The highest BCUT2D eigenvalue weighted by atomic mass is 32.2. The molecule has 3 aromatic rings. The second kappa shape index (κ2) is 14.4. The minimum Gasteiger partial charge on any atom is -0.383 e. The van der Waals surface area contributed by atoms with Crippen molar-refractivity contribution >= 4 is 36.6 Å². The number of benzene rings is 2. The van der Waals surface area contributed by atoms with Gasteiger partial charge in [0.25, 0.3) is 10.0 Å². The number of methoxy groups -OCH3 is 1. The van der Waals surface area contributed by atoms with E-state index < -0.39 is 20.0 Å². The largest absolute Gasteiger partial charge is 0.383 e. The number of fused-ring (bicyclic) bond motifs is 1. The van der Waals surface area contributed by atoms with Crippen molar-refractivity contribution in [1.29, 1.82) is 5.26 Å². The molecular formula is C27H39N5O5S2. The normalized spacial score (nSPS) is 14.5. The van der Waals surface area contributed by atoms with Crippen LogP contribution in [0.4, 0.5) is 5.69 Å². The fourth-order valence-electron chi connectivity index (χ4n) is 4.15. The van der Waals surface area contributed by atoms with E-state index in [1.54, 1.807) is 19.2 Å². The smallest absolute Gasteiger partial charge is 0.261 e. The molecule has 214 valence electrons. The molecule has 2 heterocycles. The first-order valence-corrected chi connectivity index (χ1v) is 15.9. The Morgan fingerprint density at radius 2 is 1.54 bits per heavy atom. The number of nitriles is 1. The van der Waals surface area contributed by atoms with Gasteiger partial charge < -0.3 is 9.72 Å². The van der Waals surface area contributed by atoms with Gasteiger partial charge >= 0.3 is 0 Å². The number of nitrogens with one attached hydrogen (secondary N) is 2. The molecular weight excluding hydrogens is 538 g/mol. The monoisotopic (exact) mass is 577 g/mol. The van der Waals surface area contributed by atoms with E-state index >= 15 is 0 Å². The Morgan fingerprint density at radius 3 is 2.10 bits per heavy atom. The van der Waals surface area contributed by atoms with Gasteiger partial charge in [0.2, 0.25) is 10.0 Å². The molecule has 0 spiro atoms. The van der Waals surface area contributed by atoms with E-state index in [1.165, 1.54) is 34.8 Å². The number of aromatic nitrogens is 1. The van der Waals surface area contributed by atoms with Crippen LogP contribution in [-0.4, -0.2) is 77.5 Å². The molecule has 0 amide bonds. The minimum absolute atomic E-state index is 0.0440. The maximum atomic E-state index is 13.1. The summed E-state index contributed by atoms with van der Waals surface area (Å²) in [6, 6.07) is 10.6. The summed E-state index contributed by atoms with van der Waals surface area (Å²) in [4.78, 5) is 5.08. The highest BCUT2D eigenvalue weighted by molar-refractivity contribution is 7.92. The number of anilines is 1. The van der Waals surface area contributed by atoms with Crippen molar-refractivity contribution in [2.45, 2.75) is 44.4 Å². The predicted octanol–water partition coefficient (Wildman–Crippen LogP) is 4.15. The van der Waals surface area contributed by atoms with Crippen LogP contribution in [0.25, 0.3) is 10.9 Å². The Hall–Kier alpha value is -2.95. The summed E-state index contributed by atoms with van der Waals surface area (Å²) in [5.41, 5.74) is 2.08. The molecule has 1 aliphatic heterocycles. The highest BCUT2D eigenvalue weighted by Crippen LogP contribution is 2.30. The number of ether oxygens (including phenoxy) is 1. The topological polar surface area (TPSA) is 136 Å². The summed E-state index contributed by atoms with van der Waals surface area (Å²) in [6.45, 7) is 13.1. The van der Waals surface area contributed by atoms with Gasteiger partial charge in [-0.1, -0.05) is 33.8 Å². The van der Waals surface area contributed by atoms with Crippen LogP contribution in [0.5, 0.6) is 0 Å². The van der Waals surface area contributed by atoms with Crippen LogP contribution in [0.3, 0.4) is 0 Å². The molecule has 12 heteroatoms. The number of hydrogen-bond acceptors (Lipinski definition) is 7. The Kier molecular flexibility index (Phi) is 11.9. The van der Waals surface area contributed by atoms with Crippen LogP contribution in [-0.2, 0) is 24.8 Å². The lowest BCUT2D eigenvalue weighted by Gasteiger charge is -2.33. The van der Waals surface area contributed by atoms with E-state index in [-0.39, 0.29) is 9.79 Å². The Balaban J connectivity index is 0.00000127. The van der Waals surface area contributed by atoms with Gasteiger partial charge in [0.1, 0.15) is 6.07 Å². The molecule has 10 nitrogen and oxygen atoms in total. The van der Waals surface area contributed by atoms with Gasteiger partial charge in [-0.2, -0.15) is 9.57 Å². The number of nitrogens with zero attached hydrogens (tertiary/aromatic N) is 3. The summed E-state index contributed by atoms with van der Waals surface area (Å²) >= 11 is 0. The lowest BCUT2D eigenvalue weighted by molar-refractivity contribution is 0.123. The van der Waals surface area contributed by atoms with Crippen molar-refractivity contribution in [1.82, 2.24) is 14.2 Å². The van der Waals surface area contributed by atoms with Crippen LogP contribution in [0.1, 0.15) is 38.8 Å². The van der Waals surface area contributed by atoms with Crippen molar-refractivity contribution in [3.05, 3.63) is 53.7 Å². The van der Waals surface area contributed by atoms with Gasteiger partial charge in [-0.3, -0.25) is 9.62 Å². The highest BCUT2D eigenvalue weighted by Gasteiger charge is 2.29. The van der Waals surface area contributed by atoms with Crippen molar-refractivity contribution in [3.8, 4) is 6.07 Å². The van der Waals surface area contributed by atoms with E-state index in [4.69, 9.17) is 4.74 Å². The zero-order chi connectivity index (χ0) is 29.2. The third kappa shape index (κ3) is 7.38.